The van der Waals surface area contributed by atoms with Crippen molar-refractivity contribution >= 4 is 51.5 Å². The van der Waals surface area contributed by atoms with E-state index >= 15 is 0 Å². The summed E-state index contributed by atoms with van der Waals surface area (Å²) in [5.74, 6) is 0.182. The lowest BCUT2D eigenvalue weighted by atomic mass is 9.88. The first-order chi connectivity index (χ1) is 19.4. The number of urea groups is 2. The minimum absolute atomic E-state index is 0.109. The summed E-state index contributed by atoms with van der Waals surface area (Å²) in [5, 5.41) is 12.7. The number of hydrogen-bond donors (Lipinski definition) is 4. The second-order valence-corrected chi connectivity index (χ2v) is 9.46. The summed E-state index contributed by atoms with van der Waals surface area (Å²) < 4.78 is 33.4. The lowest BCUT2D eigenvalue weighted by molar-refractivity contribution is -0.0530. The minimum Gasteiger partial charge on any atom is -0.481 e. The van der Waals surface area contributed by atoms with E-state index in [0.29, 0.717) is 22.6 Å². The molecule has 1 heterocycles. The smallest absolute Gasteiger partial charge is 0.323 e. The molecule has 1 unspecified atom stereocenters. The fourth-order valence-electron chi connectivity index (χ4n) is 4.48. The standard InChI is InChI=1S/C30H29ClF2N4O3/c1-2-7-24-26(17-30(18-32,19-33)40-27(24)14-15-31)37-29(39)36-25-11-6-8-20-16-22(12-13-23(20)25)35-28(38)34-21-9-4-3-5-10-21/h2-16,26H,17-19H2,1H3,(H2,34,35,38)(H2,36,37,39)/b7-2-,15-14+. The topological polar surface area (TPSA) is 91.5 Å². The van der Waals surface area contributed by atoms with E-state index in [1.165, 1.54) is 11.6 Å². The summed E-state index contributed by atoms with van der Waals surface area (Å²) in [7, 11) is 0. The average molecular weight is 567 g/mol. The molecular formula is C30H29ClF2N4O3. The molecule has 4 amide bonds. The lowest BCUT2D eigenvalue weighted by Crippen LogP contribution is -2.51. The molecule has 1 aliphatic heterocycles. The molecular weight excluding hydrogens is 538 g/mol. The molecule has 0 bridgehead atoms. The van der Waals surface area contributed by atoms with Gasteiger partial charge in [-0.3, -0.25) is 0 Å². The van der Waals surface area contributed by atoms with Crippen LogP contribution < -0.4 is 21.3 Å². The Kier molecular flexibility index (Phi) is 9.39. The van der Waals surface area contributed by atoms with Gasteiger partial charge in [0.1, 0.15) is 19.1 Å². The Morgan fingerprint density at radius 1 is 0.950 bits per heavy atom. The molecule has 3 aromatic carbocycles. The van der Waals surface area contributed by atoms with Crippen molar-refractivity contribution in [3.05, 3.63) is 102 Å². The van der Waals surface area contributed by atoms with Crippen molar-refractivity contribution < 1.29 is 23.1 Å². The summed E-state index contributed by atoms with van der Waals surface area (Å²) in [6.45, 7) is -0.368. The van der Waals surface area contributed by atoms with Crippen LogP contribution in [0.5, 0.6) is 0 Å². The second-order valence-electron chi connectivity index (χ2n) is 9.21. The number of nitrogens with one attached hydrogen (secondary N) is 4. The molecule has 40 heavy (non-hydrogen) atoms. The molecule has 0 radical (unpaired) electrons. The van der Waals surface area contributed by atoms with Crippen molar-refractivity contribution in [1.82, 2.24) is 5.32 Å². The predicted octanol–water partition coefficient (Wildman–Crippen LogP) is 7.65. The molecule has 3 aromatic rings. The van der Waals surface area contributed by atoms with E-state index in [-0.39, 0.29) is 18.2 Å². The van der Waals surface area contributed by atoms with E-state index in [0.717, 1.165) is 10.8 Å². The molecule has 0 fully saturated rings. The van der Waals surface area contributed by atoms with Crippen LogP contribution >= 0.6 is 11.6 Å². The van der Waals surface area contributed by atoms with E-state index < -0.39 is 31.0 Å². The summed E-state index contributed by atoms with van der Waals surface area (Å²) in [6.07, 6.45) is 4.74. The second kappa shape index (κ2) is 13.1. The number of ether oxygens (including phenoxy) is 1. The van der Waals surface area contributed by atoms with Gasteiger partial charge >= 0.3 is 12.1 Å². The van der Waals surface area contributed by atoms with Gasteiger partial charge in [0, 0.05) is 34.3 Å². The van der Waals surface area contributed by atoms with Gasteiger partial charge in [0.05, 0.1) is 11.7 Å². The van der Waals surface area contributed by atoms with E-state index in [1.54, 1.807) is 61.5 Å². The first-order valence-electron chi connectivity index (χ1n) is 12.6. The van der Waals surface area contributed by atoms with Crippen molar-refractivity contribution in [2.75, 3.05) is 29.3 Å². The molecule has 208 valence electrons. The maximum atomic E-state index is 13.9. The molecule has 0 aromatic heterocycles. The number of anilines is 3. The van der Waals surface area contributed by atoms with E-state index in [2.05, 4.69) is 21.3 Å². The molecule has 4 N–H and O–H groups in total. The Hall–Kier alpha value is -4.37. The van der Waals surface area contributed by atoms with Crippen LogP contribution in [0.2, 0.25) is 0 Å². The number of alkyl halides is 2. The normalized spacial score (nSPS) is 16.6. The van der Waals surface area contributed by atoms with Crippen molar-refractivity contribution in [1.29, 1.82) is 0 Å². The Morgan fingerprint density at radius 2 is 1.70 bits per heavy atom. The number of benzene rings is 3. The van der Waals surface area contributed by atoms with Crippen LogP contribution in [0.15, 0.2) is 102 Å². The van der Waals surface area contributed by atoms with Crippen LogP contribution in [0.4, 0.5) is 35.4 Å². The SMILES string of the molecule is C/C=C\C1=C(/C=C/Cl)OC(CF)(CF)CC1NC(=O)Nc1cccc2cc(NC(=O)Nc3ccccc3)ccc12. The third-order valence-corrected chi connectivity index (χ3v) is 6.46. The van der Waals surface area contributed by atoms with Crippen LogP contribution in [0, 0.1) is 0 Å². The van der Waals surface area contributed by atoms with Crippen LogP contribution in [-0.2, 0) is 4.74 Å². The highest BCUT2D eigenvalue weighted by molar-refractivity contribution is 6.25. The highest BCUT2D eigenvalue weighted by Crippen LogP contribution is 2.35. The molecule has 10 heteroatoms. The van der Waals surface area contributed by atoms with Gasteiger partial charge in [-0.1, -0.05) is 60.2 Å². The van der Waals surface area contributed by atoms with E-state index in [1.807, 2.05) is 24.3 Å². The van der Waals surface area contributed by atoms with Gasteiger partial charge in [-0.05, 0) is 48.7 Å². The van der Waals surface area contributed by atoms with Gasteiger partial charge in [0.2, 0.25) is 0 Å². The van der Waals surface area contributed by atoms with Crippen LogP contribution in [0.1, 0.15) is 13.3 Å². The summed E-state index contributed by atoms with van der Waals surface area (Å²) >= 11 is 5.74. The maximum absolute atomic E-state index is 13.9. The molecule has 0 saturated heterocycles. The Morgan fingerprint density at radius 3 is 2.40 bits per heavy atom. The lowest BCUT2D eigenvalue weighted by Gasteiger charge is -2.39. The van der Waals surface area contributed by atoms with Gasteiger partial charge in [0.25, 0.3) is 0 Å². The summed E-state index contributed by atoms with van der Waals surface area (Å²) in [4.78, 5) is 25.5. The van der Waals surface area contributed by atoms with Gasteiger partial charge in [-0.2, -0.15) is 0 Å². The fourth-order valence-corrected chi connectivity index (χ4v) is 4.60. The highest BCUT2D eigenvalue weighted by Gasteiger charge is 2.42. The zero-order chi connectivity index (χ0) is 28.5. The number of allylic oxidation sites excluding steroid dienone is 2. The number of halogens is 3. The van der Waals surface area contributed by atoms with Gasteiger partial charge < -0.3 is 26.0 Å². The molecule has 0 saturated carbocycles. The number of rotatable bonds is 8. The third kappa shape index (κ3) is 6.79. The summed E-state index contributed by atoms with van der Waals surface area (Å²) in [5.41, 5.74) is 1.74. The number of para-hydroxylation sites is 1. The van der Waals surface area contributed by atoms with Crippen molar-refractivity contribution in [2.24, 2.45) is 0 Å². The molecule has 7 nitrogen and oxygen atoms in total. The molecule has 0 spiro atoms. The fraction of sp³-hybridized carbons (Fsp3) is 0.200. The van der Waals surface area contributed by atoms with Gasteiger partial charge in [-0.25, -0.2) is 18.4 Å². The molecule has 4 rings (SSSR count). The number of hydrogen-bond acceptors (Lipinski definition) is 3. The zero-order valence-corrected chi connectivity index (χ0v) is 22.5. The monoisotopic (exact) mass is 566 g/mol. The third-order valence-electron chi connectivity index (χ3n) is 6.33. The first kappa shape index (κ1) is 28.6. The maximum Gasteiger partial charge on any atom is 0.323 e. The van der Waals surface area contributed by atoms with Gasteiger partial charge in [-0.15, -0.1) is 0 Å². The first-order valence-corrected chi connectivity index (χ1v) is 13.0. The average Bonchev–Trinajstić information content (AvgIpc) is 2.95. The number of carbonyl (C=O) groups excluding carboxylic acids is 2. The van der Waals surface area contributed by atoms with Crippen LogP contribution in [-0.4, -0.2) is 37.1 Å². The van der Waals surface area contributed by atoms with E-state index in [4.69, 9.17) is 16.3 Å². The summed E-state index contributed by atoms with van der Waals surface area (Å²) in [6, 6.07) is 18.0. The Labute approximate surface area is 235 Å². The largest absolute Gasteiger partial charge is 0.481 e. The van der Waals surface area contributed by atoms with Crippen molar-refractivity contribution in [3.8, 4) is 0 Å². The van der Waals surface area contributed by atoms with Crippen LogP contribution in [0.25, 0.3) is 10.8 Å². The van der Waals surface area contributed by atoms with Gasteiger partial charge in [0.15, 0.2) is 5.60 Å². The molecule has 1 atom stereocenters. The Balaban J connectivity index is 1.51. The number of amides is 4. The molecule has 1 aliphatic rings. The minimum atomic E-state index is -1.73. The zero-order valence-electron chi connectivity index (χ0n) is 21.7. The number of carbonyl (C=O) groups is 2. The highest BCUT2D eigenvalue weighted by atomic mass is 35.5. The van der Waals surface area contributed by atoms with E-state index in [9.17, 15) is 18.4 Å². The quantitative estimate of drug-likeness (QED) is 0.226. The Bertz CT molecular complexity index is 1460. The van der Waals surface area contributed by atoms with Crippen molar-refractivity contribution in [3.63, 3.8) is 0 Å². The predicted molar refractivity (Wildman–Crippen MR) is 156 cm³/mol. The molecule has 0 aliphatic carbocycles. The number of fused-ring (bicyclic) bond motifs is 1. The van der Waals surface area contributed by atoms with Crippen LogP contribution in [0.3, 0.4) is 0 Å². The van der Waals surface area contributed by atoms with Crippen molar-refractivity contribution in [2.45, 2.75) is 25.0 Å².